The number of benzene rings is 1. The number of hydrogen-bond donors (Lipinski definition) is 3. The van der Waals surface area contributed by atoms with Crippen LogP contribution in [-0.4, -0.2) is 20.1 Å². The summed E-state index contributed by atoms with van der Waals surface area (Å²) in [4.78, 5) is 33.8. The van der Waals surface area contributed by atoms with E-state index < -0.39 is 16.9 Å². The van der Waals surface area contributed by atoms with Gasteiger partial charge in [-0.25, -0.2) is 9.78 Å². The molecule has 25 heavy (non-hydrogen) atoms. The van der Waals surface area contributed by atoms with Gasteiger partial charge in [0.2, 0.25) is 0 Å². The molecule has 3 aromatic rings. The van der Waals surface area contributed by atoms with Crippen molar-refractivity contribution in [3.05, 3.63) is 83.1 Å². The molecule has 6 nitrogen and oxygen atoms in total. The van der Waals surface area contributed by atoms with E-state index in [9.17, 15) is 14.7 Å². The van der Waals surface area contributed by atoms with Gasteiger partial charge in [-0.3, -0.25) is 9.78 Å². The summed E-state index contributed by atoms with van der Waals surface area (Å²) in [6, 6.07) is 5.81. The fourth-order valence-electron chi connectivity index (χ4n) is 3.53. The lowest BCUT2D eigenvalue weighted by Gasteiger charge is -2.28. The minimum atomic E-state index is -1.64. The van der Waals surface area contributed by atoms with Crippen molar-refractivity contribution < 1.29 is 5.11 Å². The molecule has 1 aliphatic carbocycles. The Labute approximate surface area is 147 Å². The number of nitrogens with zero attached hydrogens (tertiary/aromatic N) is 1. The Morgan fingerprint density at radius 2 is 2.00 bits per heavy atom. The molecule has 1 aromatic carbocycles. The normalized spacial score (nSPS) is 19.2. The Kier molecular flexibility index (Phi) is 3.52. The number of thiazole rings is 1. The highest BCUT2D eigenvalue weighted by molar-refractivity contribution is 7.11. The lowest BCUT2D eigenvalue weighted by molar-refractivity contribution is 0.126. The maximum atomic E-state index is 12.5. The zero-order valence-electron chi connectivity index (χ0n) is 13.8. The van der Waals surface area contributed by atoms with Gasteiger partial charge in [0, 0.05) is 6.20 Å². The van der Waals surface area contributed by atoms with Crippen LogP contribution in [0.2, 0.25) is 0 Å². The number of rotatable bonds is 1. The van der Waals surface area contributed by atoms with E-state index in [2.05, 4.69) is 15.0 Å². The van der Waals surface area contributed by atoms with Gasteiger partial charge in [0.15, 0.2) is 5.60 Å². The number of fused-ring (bicyclic) bond motifs is 2. The van der Waals surface area contributed by atoms with E-state index in [4.69, 9.17) is 0 Å². The minimum Gasteiger partial charge on any atom is -0.375 e. The number of aromatic nitrogens is 3. The Morgan fingerprint density at radius 3 is 2.76 bits per heavy atom. The van der Waals surface area contributed by atoms with Crippen molar-refractivity contribution in [3.8, 4) is 0 Å². The zero-order valence-corrected chi connectivity index (χ0v) is 14.7. The van der Waals surface area contributed by atoms with E-state index in [0.29, 0.717) is 16.9 Å². The van der Waals surface area contributed by atoms with Crippen molar-refractivity contribution in [3.63, 3.8) is 0 Å². The fourth-order valence-corrected chi connectivity index (χ4v) is 4.61. The number of aliphatic hydroxyl groups is 1. The average Bonchev–Trinajstić information content (AvgIpc) is 2.89. The maximum Gasteiger partial charge on any atom is 0.325 e. The van der Waals surface area contributed by atoms with E-state index in [1.807, 2.05) is 32.0 Å². The van der Waals surface area contributed by atoms with Crippen molar-refractivity contribution in [1.82, 2.24) is 15.0 Å². The molecule has 4 rings (SSSR count). The molecule has 0 fully saturated rings. The van der Waals surface area contributed by atoms with Gasteiger partial charge >= 0.3 is 5.69 Å². The molecule has 2 heterocycles. The Hall–Kier alpha value is -2.51. The summed E-state index contributed by atoms with van der Waals surface area (Å²) < 4.78 is 0. The maximum absolute atomic E-state index is 12.5. The summed E-state index contributed by atoms with van der Waals surface area (Å²) in [7, 11) is 0. The first-order valence-corrected chi connectivity index (χ1v) is 8.83. The molecular formula is C18H17N3O3S. The van der Waals surface area contributed by atoms with Crippen LogP contribution < -0.4 is 11.2 Å². The average molecular weight is 355 g/mol. The molecular weight excluding hydrogens is 338 g/mol. The van der Waals surface area contributed by atoms with Crippen LogP contribution in [0.4, 0.5) is 0 Å². The van der Waals surface area contributed by atoms with E-state index in [-0.39, 0.29) is 5.56 Å². The molecule has 1 aliphatic rings. The molecule has 2 aromatic heterocycles. The van der Waals surface area contributed by atoms with Crippen LogP contribution in [0.25, 0.3) is 0 Å². The molecule has 0 aliphatic heterocycles. The molecule has 3 N–H and O–H groups in total. The van der Waals surface area contributed by atoms with Crippen LogP contribution in [-0.2, 0) is 18.4 Å². The molecule has 0 amide bonds. The highest BCUT2D eigenvalue weighted by atomic mass is 32.1. The molecule has 1 unspecified atom stereocenters. The summed E-state index contributed by atoms with van der Waals surface area (Å²) in [6.45, 7) is 3.88. The van der Waals surface area contributed by atoms with Gasteiger partial charge in [-0.1, -0.05) is 23.8 Å². The first-order chi connectivity index (χ1) is 11.9. The van der Waals surface area contributed by atoms with Crippen molar-refractivity contribution >= 4 is 11.3 Å². The standard InChI is InChI=1S/C18H17N3O3S/c1-9-3-5-12-11(7-9)4-6-14-15(25-10(2)20-14)18(12,24)13-8-19-17(23)21-16(13)22/h3,5,7-8,24H,4,6H2,1-2H3,(H2,19,21,22,23). The molecule has 128 valence electrons. The van der Waals surface area contributed by atoms with E-state index in [1.54, 1.807) is 0 Å². The van der Waals surface area contributed by atoms with Crippen molar-refractivity contribution in [2.45, 2.75) is 32.3 Å². The fraction of sp³-hybridized carbons (Fsp3) is 0.278. The quantitative estimate of drug-likeness (QED) is 0.616. The highest BCUT2D eigenvalue weighted by Gasteiger charge is 2.43. The summed E-state index contributed by atoms with van der Waals surface area (Å²) in [5.41, 5.74) is 0.791. The molecule has 1 atom stereocenters. The van der Waals surface area contributed by atoms with Gasteiger partial charge in [0.1, 0.15) is 0 Å². The van der Waals surface area contributed by atoms with E-state index in [1.165, 1.54) is 17.5 Å². The number of H-pyrrole nitrogens is 2. The molecule has 0 spiro atoms. The van der Waals surface area contributed by atoms with Crippen LogP contribution in [0, 0.1) is 13.8 Å². The first kappa shape index (κ1) is 16.0. The van der Waals surface area contributed by atoms with Gasteiger partial charge in [-0.2, -0.15) is 0 Å². The van der Waals surface area contributed by atoms with Gasteiger partial charge in [-0.05, 0) is 37.8 Å². The second-order valence-corrected chi connectivity index (χ2v) is 7.57. The SMILES string of the molecule is Cc1ccc2c(c1)CCc1nc(C)sc1C2(O)c1c[nH]c(=O)[nH]c1=O. The second kappa shape index (κ2) is 5.50. The lowest BCUT2D eigenvalue weighted by Crippen LogP contribution is -2.38. The van der Waals surface area contributed by atoms with Gasteiger partial charge in [0.05, 0.1) is 21.1 Å². The Morgan fingerprint density at radius 1 is 1.20 bits per heavy atom. The monoisotopic (exact) mass is 355 g/mol. The predicted molar refractivity (Wildman–Crippen MR) is 95.2 cm³/mol. The number of hydrogen-bond acceptors (Lipinski definition) is 5. The summed E-state index contributed by atoms with van der Waals surface area (Å²) in [5, 5.41) is 12.7. The molecule has 0 saturated carbocycles. The smallest absolute Gasteiger partial charge is 0.325 e. The summed E-state index contributed by atoms with van der Waals surface area (Å²) >= 11 is 1.38. The Bertz CT molecular complexity index is 1100. The minimum absolute atomic E-state index is 0.101. The number of nitrogens with one attached hydrogen (secondary N) is 2. The summed E-state index contributed by atoms with van der Waals surface area (Å²) in [5.74, 6) is 0. The Balaban J connectivity index is 2.11. The zero-order chi connectivity index (χ0) is 17.8. The highest BCUT2D eigenvalue weighted by Crippen LogP contribution is 2.43. The predicted octanol–water partition coefficient (Wildman–Crippen LogP) is 1.52. The van der Waals surface area contributed by atoms with Crippen molar-refractivity contribution in [1.29, 1.82) is 0 Å². The molecule has 0 bridgehead atoms. The second-order valence-electron chi connectivity index (χ2n) is 6.37. The van der Waals surface area contributed by atoms with Gasteiger partial charge < -0.3 is 10.1 Å². The van der Waals surface area contributed by atoms with Gasteiger partial charge in [0.25, 0.3) is 5.56 Å². The van der Waals surface area contributed by atoms with E-state index in [0.717, 1.165) is 28.2 Å². The van der Waals surface area contributed by atoms with Crippen LogP contribution >= 0.6 is 11.3 Å². The number of aryl methyl sites for hydroxylation is 4. The van der Waals surface area contributed by atoms with Gasteiger partial charge in [-0.15, -0.1) is 11.3 Å². The van der Waals surface area contributed by atoms with Crippen LogP contribution in [0.15, 0.2) is 34.0 Å². The number of aromatic amines is 2. The third-order valence-electron chi connectivity index (χ3n) is 4.62. The third kappa shape index (κ3) is 2.39. The summed E-state index contributed by atoms with van der Waals surface area (Å²) in [6.07, 6.45) is 2.73. The van der Waals surface area contributed by atoms with Crippen LogP contribution in [0.1, 0.15) is 37.8 Å². The third-order valence-corrected chi connectivity index (χ3v) is 5.75. The largest absolute Gasteiger partial charge is 0.375 e. The van der Waals surface area contributed by atoms with Crippen molar-refractivity contribution in [2.75, 3.05) is 0 Å². The van der Waals surface area contributed by atoms with E-state index >= 15 is 0 Å². The first-order valence-electron chi connectivity index (χ1n) is 8.01. The van der Waals surface area contributed by atoms with Crippen LogP contribution in [0.5, 0.6) is 0 Å². The van der Waals surface area contributed by atoms with Crippen LogP contribution in [0.3, 0.4) is 0 Å². The topological polar surface area (TPSA) is 98.8 Å². The molecule has 0 radical (unpaired) electrons. The molecule has 7 heteroatoms. The van der Waals surface area contributed by atoms with Crippen molar-refractivity contribution in [2.24, 2.45) is 0 Å². The lowest BCUT2D eigenvalue weighted by atomic mass is 9.83. The molecule has 0 saturated heterocycles.